The van der Waals surface area contributed by atoms with Gasteiger partial charge in [-0.3, -0.25) is 4.72 Å². The summed E-state index contributed by atoms with van der Waals surface area (Å²) in [5, 5.41) is 16.7. The molecule has 2 heterocycles. The molecule has 0 spiro atoms. The summed E-state index contributed by atoms with van der Waals surface area (Å²) >= 11 is 0. The number of halogens is 3. The number of nitrogen functional groups attached to an aromatic ring is 1. The SMILES string of the molecule is Cn1c(N=Nc2ccc(N3CCCCC3)cc2NS(=O)(=O)C(F)(F)F)nc(N)c1C#N. The molecule has 1 saturated heterocycles. The second-order valence-electron chi connectivity index (χ2n) is 6.82. The molecule has 0 aliphatic carbocycles. The molecule has 1 fully saturated rings. The number of imidazole rings is 1. The number of alkyl halides is 3. The number of azo groups is 1. The first-order valence-corrected chi connectivity index (χ1v) is 10.6. The van der Waals surface area contributed by atoms with Crippen LogP contribution >= 0.6 is 0 Å². The fraction of sp³-hybridized carbons (Fsp3) is 0.412. The van der Waals surface area contributed by atoms with Crippen LogP contribution in [0.1, 0.15) is 25.0 Å². The number of sulfonamides is 1. The van der Waals surface area contributed by atoms with Crippen molar-refractivity contribution in [2.45, 2.75) is 24.8 Å². The number of piperidine rings is 1. The van der Waals surface area contributed by atoms with Crippen LogP contribution in [0.3, 0.4) is 0 Å². The third kappa shape index (κ3) is 4.71. The van der Waals surface area contributed by atoms with Crippen molar-refractivity contribution in [3.8, 4) is 6.07 Å². The topological polar surface area (TPSA) is 142 Å². The molecule has 3 rings (SSSR count). The van der Waals surface area contributed by atoms with Crippen LogP contribution in [0.5, 0.6) is 0 Å². The highest BCUT2D eigenvalue weighted by molar-refractivity contribution is 7.93. The normalized spacial score (nSPS) is 15.3. The molecule has 166 valence electrons. The number of rotatable bonds is 5. The fourth-order valence-electron chi connectivity index (χ4n) is 3.07. The lowest BCUT2D eigenvalue weighted by atomic mass is 10.1. The average Bonchev–Trinajstić information content (AvgIpc) is 2.99. The minimum absolute atomic E-state index is 0.0346. The van der Waals surface area contributed by atoms with Crippen LogP contribution in [0.2, 0.25) is 0 Å². The standard InChI is InChI=1S/C17H19F3N8O2S/c1-27-14(10-21)15(22)23-16(27)25-24-12-6-5-11(28-7-3-2-4-8-28)9-13(12)26-31(29,30)17(18,19)20/h5-6,9,26H,2-4,7-8,22H2,1H3. The molecule has 1 aromatic carbocycles. The van der Waals surface area contributed by atoms with Gasteiger partial charge in [-0.2, -0.15) is 31.8 Å². The number of hydrogen-bond acceptors (Lipinski definition) is 8. The van der Waals surface area contributed by atoms with E-state index in [4.69, 9.17) is 11.0 Å². The molecule has 3 N–H and O–H groups in total. The van der Waals surface area contributed by atoms with Crippen LogP contribution in [0.15, 0.2) is 28.4 Å². The minimum atomic E-state index is -5.67. The number of anilines is 3. The molecule has 31 heavy (non-hydrogen) atoms. The lowest BCUT2D eigenvalue weighted by Crippen LogP contribution is -2.31. The molecule has 0 radical (unpaired) electrons. The Labute approximate surface area is 176 Å². The number of hydrogen-bond donors (Lipinski definition) is 2. The van der Waals surface area contributed by atoms with E-state index in [-0.39, 0.29) is 28.8 Å². The molecule has 0 atom stereocenters. The van der Waals surface area contributed by atoms with Crippen molar-refractivity contribution in [2.24, 2.45) is 17.3 Å². The molecular weight excluding hydrogens is 437 g/mol. The Morgan fingerprint density at radius 3 is 2.48 bits per heavy atom. The van der Waals surface area contributed by atoms with Gasteiger partial charge >= 0.3 is 15.5 Å². The zero-order valence-electron chi connectivity index (χ0n) is 16.4. The highest BCUT2D eigenvalue weighted by atomic mass is 32.2. The quantitative estimate of drug-likeness (QED) is 0.659. The Morgan fingerprint density at radius 1 is 1.23 bits per heavy atom. The molecule has 10 nitrogen and oxygen atoms in total. The zero-order chi connectivity index (χ0) is 22.8. The first-order chi connectivity index (χ1) is 14.5. The Hall–Kier alpha value is -3.34. The third-order valence-corrected chi connectivity index (χ3v) is 5.80. The van der Waals surface area contributed by atoms with Crippen LogP contribution in [-0.2, 0) is 17.1 Å². The fourth-order valence-corrected chi connectivity index (χ4v) is 3.64. The second-order valence-corrected chi connectivity index (χ2v) is 8.49. The first kappa shape index (κ1) is 22.3. The van der Waals surface area contributed by atoms with E-state index in [9.17, 15) is 21.6 Å². The largest absolute Gasteiger partial charge is 0.516 e. The lowest BCUT2D eigenvalue weighted by Gasteiger charge is -2.29. The first-order valence-electron chi connectivity index (χ1n) is 9.15. The minimum Gasteiger partial charge on any atom is -0.381 e. The summed E-state index contributed by atoms with van der Waals surface area (Å²) in [5.74, 6) is -0.156. The van der Waals surface area contributed by atoms with Crippen molar-refractivity contribution in [1.82, 2.24) is 9.55 Å². The van der Waals surface area contributed by atoms with Crippen molar-refractivity contribution in [1.29, 1.82) is 5.26 Å². The molecular formula is C17H19F3N8O2S. The van der Waals surface area contributed by atoms with Gasteiger partial charge in [0.25, 0.3) is 5.95 Å². The van der Waals surface area contributed by atoms with E-state index in [2.05, 4.69) is 15.2 Å². The summed E-state index contributed by atoms with van der Waals surface area (Å²) in [5.41, 5.74) is 0.160. The zero-order valence-corrected chi connectivity index (χ0v) is 17.2. The Morgan fingerprint density at radius 2 is 1.90 bits per heavy atom. The Bertz CT molecular complexity index is 1150. The van der Waals surface area contributed by atoms with Gasteiger partial charge in [-0.05, 0) is 37.5 Å². The van der Waals surface area contributed by atoms with E-state index in [0.717, 1.165) is 19.3 Å². The summed E-state index contributed by atoms with van der Waals surface area (Å²) in [7, 11) is -4.21. The summed E-state index contributed by atoms with van der Waals surface area (Å²) in [4.78, 5) is 5.81. The van der Waals surface area contributed by atoms with Crippen molar-refractivity contribution < 1.29 is 21.6 Å². The maximum Gasteiger partial charge on any atom is 0.516 e. The van der Waals surface area contributed by atoms with Gasteiger partial charge in [0.2, 0.25) is 0 Å². The smallest absolute Gasteiger partial charge is 0.381 e. The van der Waals surface area contributed by atoms with Crippen molar-refractivity contribution in [3.05, 3.63) is 23.9 Å². The Kier molecular flexibility index (Phi) is 6.07. The second kappa shape index (κ2) is 8.42. The van der Waals surface area contributed by atoms with E-state index in [1.54, 1.807) is 10.8 Å². The predicted octanol–water partition coefficient (Wildman–Crippen LogP) is 3.54. The molecule has 0 amide bonds. The predicted molar refractivity (Wildman–Crippen MR) is 108 cm³/mol. The number of nitrogens with zero attached hydrogens (tertiary/aromatic N) is 6. The van der Waals surface area contributed by atoms with E-state index in [0.29, 0.717) is 18.8 Å². The lowest BCUT2D eigenvalue weighted by molar-refractivity contribution is -0.0429. The van der Waals surface area contributed by atoms with Crippen LogP contribution < -0.4 is 15.4 Å². The van der Waals surface area contributed by atoms with Crippen LogP contribution in [-0.4, -0.2) is 36.6 Å². The van der Waals surface area contributed by atoms with Gasteiger partial charge < -0.3 is 15.2 Å². The average molecular weight is 456 g/mol. The van der Waals surface area contributed by atoms with Crippen LogP contribution in [0.25, 0.3) is 0 Å². The van der Waals surface area contributed by atoms with Crippen molar-refractivity contribution in [2.75, 3.05) is 28.4 Å². The van der Waals surface area contributed by atoms with Crippen LogP contribution in [0.4, 0.5) is 42.0 Å². The van der Waals surface area contributed by atoms with Crippen molar-refractivity contribution >= 4 is 38.9 Å². The summed E-state index contributed by atoms with van der Waals surface area (Å²) < 4.78 is 64.9. The van der Waals surface area contributed by atoms with Crippen LogP contribution in [0, 0.1) is 11.3 Å². The summed E-state index contributed by atoms with van der Waals surface area (Å²) in [6.07, 6.45) is 2.90. The highest BCUT2D eigenvalue weighted by Gasteiger charge is 2.46. The molecule has 0 unspecified atom stereocenters. The number of nitrogens with one attached hydrogen (secondary N) is 1. The van der Waals surface area contributed by atoms with Gasteiger partial charge in [0.1, 0.15) is 11.8 Å². The molecule has 1 aliphatic rings. The van der Waals surface area contributed by atoms with Gasteiger partial charge in [-0.25, -0.2) is 0 Å². The summed E-state index contributed by atoms with van der Waals surface area (Å²) in [6, 6.07) is 6.11. The van der Waals surface area contributed by atoms with Gasteiger partial charge in [0.05, 0.1) is 5.69 Å². The molecule has 1 aliphatic heterocycles. The number of nitriles is 1. The van der Waals surface area contributed by atoms with Gasteiger partial charge in [-0.1, -0.05) is 0 Å². The van der Waals surface area contributed by atoms with E-state index < -0.39 is 15.5 Å². The van der Waals surface area contributed by atoms with Gasteiger partial charge in [0.15, 0.2) is 11.5 Å². The highest BCUT2D eigenvalue weighted by Crippen LogP contribution is 2.35. The number of aromatic nitrogens is 2. The number of benzene rings is 1. The van der Waals surface area contributed by atoms with E-state index in [1.807, 2.05) is 11.0 Å². The van der Waals surface area contributed by atoms with E-state index >= 15 is 0 Å². The molecule has 0 bridgehead atoms. The molecule has 1 aromatic heterocycles. The Balaban J connectivity index is 2.01. The summed E-state index contributed by atoms with van der Waals surface area (Å²) in [6.45, 7) is 1.41. The maximum absolute atomic E-state index is 12.9. The van der Waals surface area contributed by atoms with E-state index in [1.165, 1.54) is 23.7 Å². The van der Waals surface area contributed by atoms with Gasteiger partial charge in [-0.15, -0.1) is 10.2 Å². The van der Waals surface area contributed by atoms with Gasteiger partial charge in [0, 0.05) is 25.8 Å². The molecule has 0 saturated carbocycles. The number of nitrogens with two attached hydrogens (primary N) is 1. The molecule has 2 aromatic rings. The third-order valence-electron chi connectivity index (χ3n) is 4.70. The monoisotopic (exact) mass is 456 g/mol. The maximum atomic E-state index is 12.9. The van der Waals surface area contributed by atoms with Crippen molar-refractivity contribution in [3.63, 3.8) is 0 Å². The molecule has 14 heteroatoms.